The van der Waals surface area contributed by atoms with Gasteiger partial charge in [-0.3, -0.25) is 5.32 Å². The highest BCUT2D eigenvalue weighted by molar-refractivity contribution is 7.15. The van der Waals surface area contributed by atoms with E-state index in [1.807, 2.05) is 23.1 Å². The second kappa shape index (κ2) is 7.72. The molecule has 3 rings (SSSR count). The van der Waals surface area contributed by atoms with Crippen LogP contribution < -0.4 is 5.32 Å². The summed E-state index contributed by atoms with van der Waals surface area (Å²) in [5.41, 5.74) is 1.16. The third kappa shape index (κ3) is 3.91. The lowest BCUT2D eigenvalue weighted by Gasteiger charge is -2.40. The van der Waals surface area contributed by atoms with Crippen LogP contribution in [0.1, 0.15) is 30.0 Å². The molecule has 0 bridgehead atoms. The molecule has 24 heavy (non-hydrogen) atoms. The van der Waals surface area contributed by atoms with E-state index >= 15 is 0 Å². The molecule has 6 nitrogen and oxygen atoms in total. The summed E-state index contributed by atoms with van der Waals surface area (Å²) in [5, 5.41) is 12.7. The van der Waals surface area contributed by atoms with Gasteiger partial charge in [-0.1, -0.05) is 48.6 Å². The number of likely N-dealkylation sites (N-methyl/N-ethyl adjacent to an activating group) is 1. The normalized spacial score (nSPS) is 18.6. The van der Waals surface area contributed by atoms with Gasteiger partial charge in [-0.2, -0.15) is 0 Å². The maximum Gasteiger partial charge on any atom is 0.324 e. The third-order valence-electron chi connectivity index (χ3n) is 4.17. The van der Waals surface area contributed by atoms with Gasteiger partial charge in [0.05, 0.1) is 6.04 Å². The largest absolute Gasteiger partial charge is 0.324 e. The number of carbonyl (C=O) groups is 1. The van der Waals surface area contributed by atoms with Gasteiger partial charge in [-0.15, -0.1) is 10.2 Å². The van der Waals surface area contributed by atoms with Crippen molar-refractivity contribution < 1.29 is 4.79 Å². The first-order chi connectivity index (χ1) is 11.7. The first-order valence-corrected chi connectivity index (χ1v) is 9.12. The van der Waals surface area contributed by atoms with Crippen molar-refractivity contribution >= 4 is 22.5 Å². The minimum absolute atomic E-state index is 0.0491. The van der Waals surface area contributed by atoms with Gasteiger partial charge in [-0.05, 0) is 19.0 Å². The zero-order chi connectivity index (χ0) is 16.9. The van der Waals surface area contributed by atoms with Crippen molar-refractivity contribution in [2.24, 2.45) is 0 Å². The molecule has 1 fully saturated rings. The molecule has 0 unspecified atom stereocenters. The summed E-state index contributed by atoms with van der Waals surface area (Å²) in [5.74, 6) is 0. The molecule has 2 aromatic rings. The molecule has 1 aliphatic heterocycles. The number of nitrogens with one attached hydrogen (secondary N) is 1. The van der Waals surface area contributed by atoms with Crippen molar-refractivity contribution in [2.75, 3.05) is 32.0 Å². The van der Waals surface area contributed by atoms with Crippen LogP contribution in [-0.4, -0.2) is 52.7 Å². The molecular weight excluding hydrogens is 322 g/mol. The summed E-state index contributed by atoms with van der Waals surface area (Å²) in [6.07, 6.45) is 1.92. The van der Waals surface area contributed by atoms with Gasteiger partial charge >= 0.3 is 6.03 Å². The lowest BCUT2D eigenvalue weighted by molar-refractivity contribution is 0.116. The Morgan fingerprint density at radius 3 is 2.83 bits per heavy atom. The van der Waals surface area contributed by atoms with E-state index in [2.05, 4.69) is 46.5 Å². The number of piperazine rings is 1. The molecule has 1 atom stereocenters. The van der Waals surface area contributed by atoms with Crippen LogP contribution in [0.2, 0.25) is 0 Å². The molecule has 1 aromatic heterocycles. The quantitative estimate of drug-likeness (QED) is 0.925. The van der Waals surface area contributed by atoms with E-state index in [4.69, 9.17) is 0 Å². The molecule has 1 N–H and O–H groups in total. The molecule has 1 aromatic carbocycles. The molecule has 1 saturated heterocycles. The standard InChI is InChI=1S/C17H23N5OS/c1-3-7-15-19-20-16(24-15)18-17(23)22-11-10-21(2)12-14(22)13-8-5-4-6-9-13/h4-6,8-9,14H,3,7,10-12H2,1-2H3,(H,18,20,23)/t14-/m0/s1. The average Bonchev–Trinajstić information content (AvgIpc) is 3.03. The fraction of sp³-hybridized carbons (Fsp3) is 0.471. The monoisotopic (exact) mass is 345 g/mol. The van der Waals surface area contributed by atoms with Crippen molar-refractivity contribution in [3.05, 3.63) is 40.9 Å². The Balaban J connectivity index is 1.73. The summed E-state index contributed by atoms with van der Waals surface area (Å²) in [6, 6.07) is 10.1. The summed E-state index contributed by atoms with van der Waals surface area (Å²) >= 11 is 1.46. The van der Waals surface area contributed by atoms with Gasteiger partial charge < -0.3 is 9.80 Å². The lowest BCUT2D eigenvalue weighted by atomic mass is 10.0. The molecule has 1 aliphatic rings. The SMILES string of the molecule is CCCc1nnc(NC(=O)N2CCN(C)C[C@H]2c2ccccc2)s1. The highest BCUT2D eigenvalue weighted by Gasteiger charge is 2.30. The summed E-state index contributed by atoms with van der Waals surface area (Å²) in [7, 11) is 2.09. The molecule has 2 amide bonds. The highest BCUT2D eigenvalue weighted by Crippen LogP contribution is 2.26. The van der Waals surface area contributed by atoms with Crippen LogP contribution in [0, 0.1) is 0 Å². The number of aromatic nitrogens is 2. The molecule has 7 heteroatoms. The van der Waals surface area contributed by atoms with Crippen molar-refractivity contribution in [1.82, 2.24) is 20.0 Å². The summed E-state index contributed by atoms with van der Waals surface area (Å²) < 4.78 is 0. The van der Waals surface area contributed by atoms with Gasteiger partial charge in [0.25, 0.3) is 0 Å². The molecule has 0 aliphatic carbocycles. The van der Waals surface area contributed by atoms with Crippen LogP contribution in [0.25, 0.3) is 0 Å². The van der Waals surface area contributed by atoms with Crippen LogP contribution in [0.4, 0.5) is 9.93 Å². The minimum atomic E-state index is -0.101. The van der Waals surface area contributed by atoms with Crippen molar-refractivity contribution in [1.29, 1.82) is 0 Å². The molecule has 0 spiro atoms. The Hall–Kier alpha value is -1.99. The van der Waals surface area contributed by atoms with Crippen LogP contribution in [0.3, 0.4) is 0 Å². The van der Waals surface area contributed by atoms with Crippen LogP contribution in [0.5, 0.6) is 0 Å². The zero-order valence-electron chi connectivity index (χ0n) is 14.1. The lowest BCUT2D eigenvalue weighted by Crippen LogP contribution is -2.50. The Labute approximate surface area is 146 Å². The number of anilines is 1. The minimum Gasteiger partial charge on any atom is -0.315 e. The number of hydrogen-bond acceptors (Lipinski definition) is 5. The van der Waals surface area contributed by atoms with E-state index in [9.17, 15) is 4.79 Å². The van der Waals surface area contributed by atoms with Gasteiger partial charge in [0, 0.05) is 26.1 Å². The molecule has 128 valence electrons. The number of hydrogen-bond donors (Lipinski definition) is 1. The van der Waals surface area contributed by atoms with E-state index in [-0.39, 0.29) is 12.1 Å². The average molecular weight is 345 g/mol. The second-order valence-corrected chi connectivity index (χ2v) is 7.13. The third-order valence-corrected chi connectivity index (χ3v) is 5.07. The van der Waals surface area contributed by atoms with Gasteiger partial charge in [0.15, 0.2) is 0 Å². The topological polar surface area (TPSA) is 61.4 Å². The van der Waals surface area contributed by atoms with E-state index in [1.165, 1.54) is 11.3 Å². The van der Waals surface area contributed by atoms with E-state index < -0.39 is 0 Å². The predicted octanol–water partition coefficient (Wildman–Crippen LogP) is 3.01. The molecule has 0 radical (unpaired) electrons. The van der Waals surface area contributed by atoms with Crippen LogP contribution >= 0.6 is 11.3 Å². The van der Waals surface area contributed by atoms with Crippen LogP contribution in [0.15, 0.2) is 30.3 Å². The summed E-state index contributed by atoms with van der Waals surface area (Å²) in [6.45, 7) is 4.50. The number of benzene rings is 1. The second-order valence-electron chi connectivity index (χ2n) is 6.06. The summed E-state index contributed by atoms with van der Waals surface area (Å²) in [4.78, 5) is 16.9. The Kier molecular flexibility index (Phi) is 5.42. The maximum absolute atomic E-state index is 12.8. The predicted molar refractivity (Wildman–Crippen MR) is 96.3 cm³/mol. The highest BCUT2D eigenvalue weighted by atomic mass is 32.1. The van der Waals surface area contributed by atoms with E-state index in [0.29, 0.717) is 11.7 Å². The van der Waals surface area contributed by atoms with Crippen LogP contribution in [-0.2, 0) is 6.42 Å². The maximum atomic E-state index is 12.8. The first-order valence-electron chi connectivity index (χ1n) is 8.31. The number of urea groups is 1. The Bertz CT molecular complexity index is 675. The molecule has 2 heterocycles. The molecule has 0 saturated carbocycles. The number of amides is 2. The van der Waals surface area contributed by atoms with Gasteiger partial charge in [0.2, 0.25) is 5.13 Å². The Morgan fingerprint density at radius 1 is 1.29 bits per heavy atom. The van der Waals surface area contributed by atoms with Gasteiger partial charge in [-0.25, -0.2) is 4.79 Å². The first kappa shape index (κ1) is 16.9. The Morgan fingerprint density at radius 2 is 2.08 bits per heavy atom. The molecular formula is C17H23N5OS. The van der Waals surface area contributed by atoms with Crippen molar-refractivity contribution in [3.8, 4) is 0 Å². The number of nitrogens with zero attached hydrogens (tertiary/aromatic N) is 4. The van der Waals surface area contributed by atoms with Crippen molar-refractivity contribution in [3.63, 3.8) is 0 Å². The van der Waals surface area contributed by atoms with Gasteiger partial charge in [0.1, 0.15) is 5.01 Å². The number of rotatable bonds is 4. The number of carbonyl (C=O) groups excluding carboxylic acids is 1. The smallest absolute Gasteiger partial charge is 0.315 e. The zero-order valence-corrected chi connectivity index (χ0v) is 14.9. The van der Waals surface area contributed by atoms with E-state index in [1.54, 1.807) is 0 Å². The fourth-order valence-corrected chi connectivity index (χ4v) is 3.74. The van der Waals surface area contributed by atoms with E-state index in [0.717, 1.165) is 36.5 Å². The fourth-order valence-electron chi connectivity index (χ4n) is 2.91. The van der Waals surface area contributed by atoms with Crippen molar-refractivity contribution in [2.45, 2.75) is 25.8 Å². The number of aryl methyl sites for hydroxylation is 1.